The van der Waals surface area contributed by atoms with Crippen LogP contribution in [0.25, 0.3) is 0 Å². The van der Waals surface area contributed by atoms with Gasteiger partial charge in [0.1, 0.15) is 0 Å². The molecule has 1 atom stereocenters. The van der Waals surface area contributed by atoms with Crippen LogP contribution in [0.15, 0.2) is 12.1 Å². The average molecular weight is 237 g/mol. The number of nitrogens with one attached hydrogen (secondary N) is 1. The Morgan fingerprint density at radius 3 is 2.92 bits per heavy atom. The molecular formula is C8H13ClN2S2. The van der Waals surface area contributed by atoms with Crippen LogP contribution >= 0.6 is 34.7 Å². The van der Waals surface area contributed by atoms with E-state index in [0.29, 0.717) is 0 Å². The second-order valence-electron chi connectivity index (χ2n) is 2.64. The highest BCUT2D eigenvalue weighted by Crippen LogP contribution is 2.28. The van der Waals surface area contributed by atoms with Gasteiger partial charge in [-0.2, -0.15) is 11.8 Å². The molecule has 13 heavy (non-hydrogen) atoms. The molecule has 74 valence electrons. The summed E-state index contributed by atoms with van der Waals surface area (Å²) >= 11 is 9.25. The van der Waals surface area contributed by atoms with Gasteiger partial charge in [-0.25, -0.2) is 0 Å². The van der Waals surface area contributed by atoms with E-state index >= 15 is 0 Å². The molecule has 0 radical (unpaired) electrons. The lowest BCUT2D eigenvalue weighted by Gasteiger charge is -2.12. The molecule has 1 aromatic heterocycles. The predicted octanol–water partition coefficient (Wildman–Crippen LogP) is 2.66. The van der Waals surface area contributed by atoms with Gasteiger partial charge in [-0.05, 0) is 30.6 Å². The second kappa shape index (κ2) is 5.88. The van der Waals surface area contributed by atoms with E-state index in [1.165, 1.54) is 4.88 Å². The third-order valence-electron chi connectivity index (χ3n) is 1.75. The maximum Gasteiger partial charge on any atom is 0.0931 e. The second-order valence-corrected chi connectivity index (χ2v) is 5.37. The minimum atomic E-state index is 0.241. The minimum Gasteiger partial charge on any atom is -0.271 e. The Morgan fingerprint density at radius 2 is 2.46 bits per heavy atom. The van der Waals surface area contributed by atoms with Gasteiger partial charge in [0.05, 0.1) is 10.4 Å². The quantitative estimate of drug-likeness (QED) is 0.610. The third-order valence-corrected chi connectivity index (χ3v) is 3.74. The van der Waals surface area contributed by atoms with Crippen LogP contribution in [0.5, 0.6) is 0 Å². The molecule has 3 N–H and O–H groups in total. The van der Waals surface area contributed by atoms with Gasteiger partial charge < -0.3 is 0 Å². The van der Waals surface area contributed by atoms with Gasteiger partial charge in [0.2, 0.25) is 0 Å². The Balaban J connectivity index is 2.56. The summed E-state index contributed by atoms with van der Waals surface area (Å²) in [5, 5.41) is 0. The van der Waals surface area contributed by atoms with E-state index in [-0.39, 0.29) is 6.04 Å². The summed E-state index contributed by atoms with van der Waals surface area (Å²) in [6.07, 6.45) is 3.13. The normalized spacial score (nSPS) is 13.2. The Labute approximate surface area is 91.8 Å². The first-order valence-corrected chi connectivity index (χ1v) is 6.57. The molecule has 0 fully saturated rings. The molecular weight excluding hydrogens is 224 g/mol. The maximum atomic E-state index is 5.84. The Bertz CT molecular complexity index is 252. The standard InChI is InChI=1S/C8H13ClN2S2/c1-12-5-4-6(11-10)7-2-3-8(9)13-7/h2-3,6,11H,4-5,10H2,1H3. The number of hydrogen-bond acceptors (Lipinski definition) is 4. The fourth-order valence-corrected chi connectivity index (χ4v) is 2.69. The SMILES string of the molecule is CSCCC(NN)c1ccc(Cl)s1. The molecule has 1 heterocycles. The van der Waals surface area contributed by atoms with Crippen LogP contribution in [-0.4, -0.2) is 12.0 Å². The van der Waals surface area contributed by atoms with Gasteiger partial charge in [0.25, 0.3) is 0 Å². The predicted molar refractivity (Wildman–Crippen MR) is 62.4 cm³/mol. The summed E-state index contributed by atoms with van der Waals surface area (Å²) in [7, 11) is 0. The van der Waals surface area contributed by atoms with Crippen LogP contribution in [-0.2, 0) is 0 Å². The zero-order valence-electron chi connectivity index (χ0n) is 7.42. The smallest absolute Gasteiger partial charge is 0.0931 e. The molecule has 2 nitrogen and oxygen atoms in total. The number of rotatable bonds is 5. The number of thioether (sulfide) groups is 1. The van der Waals surface area contributed by atoms with Crippen molar-refractivity contribution in [1.29, 1.82) is 0 Å². The first-order chi connectivity index (χ1) is 6.27. The highest BCUT2D eigenvalue weighted by Gasteiger charge is 2.10. The van der Waals surface area contributed by atoms with Crippen molar-refractivity contribution >= 4 is 34.7 Å². The van der Waals surface area contributed by atoms with Crippen molar-refractivity contribution < 1.29 is 0 Å². The van der Waals surface area contributed by atoms with Crippen molar-refractivity contribution in [3.8, 4) is 0 Å². The van der Waals surface area contributed by atoms with Crippen molar-refractivity contribution in [3.05, 3.63) is 21.3 Å². The van der Waals surface area contributed by atoms with E-state index in [1.807, 2.05) is 23.9 Å². The molecule has 5 heteroatoms. The largest absolute Gasteiger partial charge is 0.271 e. The summed E-state index contributed by atoms with van der Waals surface area (Å²) in [4.78, 5) is 1.21. The summed E-state index contributed by atoms with van der Waals surface area (Å²) in [5.41, 5.74) is 2.80. The van der Waals surface area contributed by atoms with Gasteiger partial charge in [-0.15, -0.1) is 11.3 Å². The first-order valence-electron chi connectivity index (χ1n) is 3.98. The van der Waals surface area contributed by atoms with E-state index < -0.39 is 0 Å². The molecule has 1 rings (SSSR count). The van der Waals surface area contributed by atoms with Crippen LogP contribution < -0.4 is 11.3 Å². The average Bonchev–Trinajstić information content (AvgIpc) is 2.54. The fourth-order valence-electron chi connectivity index (χ4n) is 1.06. The molecule has 0 saturated heterocycles. The molecule has 0 bridgehead atoms. The maximum absolute atomic E-state index is 5.84. The summed E-state index contributed by atoms with van der Waals surface area (Å²) in [6, 6.07) is 4.17. The fraction of sp³-hybridized carbons (Fsp3) is 0.500. The van der Waals surface area contributed by atoms with Gasteiger partial charge in [-0.3, -0.25) is 11.3 Å². The number of nitrogens with two attached hydrogens (primary N) is 1. The van der Waals surface area contributed by atoms with Gasteiger partial charge >= 0.3 is 0 Å². The van der Waals surface area contributed by atoms with Crippen molar-refractivity contribution in [2.24, 2.45) is 5.84 Å². The number of hydrazine groups is 1. The Kier molecular flexibility index (Phi) is 5.13. The van der Waals surface area contributed by atoms with E-state index in [2.05, 4.69) is 11.7 Å². The van der Waals surface area contributed by atoms with Crippen LogP contribution in [0.2, 0.25) is 4.34 Å². The van der Waals surface area contributed by atoms with Crippen molar-refractivity contribution in [1.82, 2.24) is 5.43 Å². The molecule has 0 aliphatic carbocycles. The highest BCUT2D eigenvalue weighted by molar-refractivity contribution is 7.98. The van der Waals surface area contributed by atoms with Gasteiger partial charge in [0.15, 0.2) is 0 Å². The third kappa shape index (κ3) is 3.48. The van der Waals surface area contributed by atoms with E-state index in [4.69, 9.17) is 17.4 Å². The molecule has 1 unspecified atom stereocenters. The van der Waals surface area contributed by atoms with Gasteiger partial charge in [0, 0.05) is 4.88 Å². The Hall–Kier alpha value is 0.260. The van der Waals surface area contributed by atoms with E-state index in [1.54, 1.807) is 11.3 Å². The molecule has 1 aromatic rings. The summed E-state index contributed by atoms with van der Waals surface area (Å²) in [5.74, 6) is 6.56. The number of hydrogen-bond donors (Lipinski definition) is 2. The molecule has 0 aliphatic heterocycles. The molecule has 0 aliphatic rings. The monoisotopic (exact) mass is 236 g/mol. The van der Waals surface area contributed by atoms with Crippen LogP contribution in [0.4, 0.5) is 0 Å². The topological polar surface area (TPSA) is 38.0 Å². The van der Waals surface area contributed by atoms with Crippen molar-refractivity contribution in [2.45, 2.75) is 12.5 Å². The molecule has 0 aromatic carbocycles. The lowest BCUT2D eigenvalue weighted by molar-refractivity contribution is 0.551. The van der Waals surface area contributed by atoms with E-state index in [9.17, 15) is 0 Å². The lowest BCUT2D eigenvalue weighted by Crippen LogP contribution is -2.27. The minimum absolute atomic E-state index is 0.241. The highest BCUT2D eigenvalue weighted by atomic mass is 35.5. The van der Waals surface area contributed by atoms with E-state index in [0.717, 1.165) is 16.5 Å². The summed E-state index contributed by atoms with van der Waals surface area (Å²) in [6.45, 7) is 0. The van der Waals surface area contributed by atoms with Gasteiger partial charge in [-0.1, -0.05) is 11.6 Å². The van der Waals surface area contributed by atoms with Crippen LogP contribution in [0.3, 0.4) is 0 Å². The van der Waals surface area contributed by atoms with Crippen molar-refractivity contribution in [2.75, 3.05) is 12.0 Å². The Morgan fingerprint density at radius 1 is 1.69 bits per heavy atom. The summed E-state index contributed by atoms with van der Waals surface area (Å²) < 4.78 is 0.819. The van der Waals surface area contributed by atoms with Crippen LogP contribution in [0.1, 0.15) is 17.3 Å². The number of thiophene rings is 1. The van der Waals surface area contributed by atoms with Crippen LogP contribution in [0, 0.1) is 0 Å². The zero-order valence-corrected chi connectivity index (χ0v) is 9.81. The molecule has 0 amide bonds. The molecule has 0 saturated carbocycles. The number of halogens is 1. The first kappa shape index (κ1) is 11.3. The van der Waals surface area contributed by atoms with Crippen molar-refractivity contribution in [3.63, 3.8) is 0 Å². The molecule has 0 spiro atoms. The lowest BCUT2D eigenvalue weighted by atomic mass is 10.2. The zero-order chi connectivity index (χ0) is 9.68.